The fourth-order valence-corrected chi connectivity index (χ4v) is 2.73. The van der Waals surface area contributed by atoms with Gasteiger partial charge in [0.2, 0.25) is 0 Å². The number of hydrogen-bond acceptors (Lipinski definition) is 2. The van der Waals surface area contributed by atoms with Crippen molar-refractivity contribution in [3.63, 3.8) is 0 Å². The van der Waals surface area contributed by atoms with Gasteiger partial charge in [-0.25, -0.2) is 4.39 Å². The van der Waals surface area contributed by atoms with Gasteiger partial charge in [-0.3, -0.25) is 4.90 Å². The second kappa shape index (κ2) is 5.05. The van der Waals surface area contributed by atoms with E-state index >= 15 is 0 Å². The van der Waals surface area contributed by atoms with Crippen LogP contribution in [0.2, 0.25) is 0 Å². The van der Waals surface area contributed by atoms with E-state index in [9.17, 15) is 4.39 Å². The highest BCUT2D eigenvalue weighted by Gasteiger charge is 2.27. The van der Waals surface area contributed by atoms with Gasteiger partial charge in [-0.15, -0.1) is 0 Å². The summed E-state index contributed by atoms with van der Waals surface area (Å²) in [5.74, 6) is 0.446. The largest absolute Gasteiger partial charge is 0.398 e. The summed E-state index contributed by atoms with van der Waals surface area (Å²) in [6, 6.07) is 5.25. The van der Waals surface area contributed by atoms with Crippen molar-refractivity contribution >= 4 is 5.69 Å². The van der Waals surface area contributed by atoms with Crippen LogP contribution in [0.4, 0.5) is 10.1 Å². The maximum atomic E-state index is 13.2. The minimum Gasteiger partial charge on any atom is -0.398 e. The minimum absolute atomic E-state index is 0.200. The Morgan fingerprint density at radius 1 is 1.47 bits per heavy atom. The molecule has 0 saturated carbocycles. The van der Waals surface area contributed by atoms with Gasteiger partial charge in [-0.05, 0) is 49.1 Å². The third-order valence-corrected chi connectivity index (χ3v) is 3.66. The first kappa shape index (κ1) is 12.4. The fourth-order valence-electron chi connectivity index (χ4n) is 2.73. The monoisotopic (exact) mass is 236 g/mol. The van der Waals surface area contributed by atoms with E-state index in [1.54, 1.807) is 12.1 Å². The van der Waals surface area contributed by atoms with Crippen LogP contribution in [0.5, 0.6) is 0 Å². The molecule has 1 aromatic carbocycles. The topological polar surface area (TPSA) is 29.3 Å². The Kier molecular flexibility index (Phi) is 3.67. The Morgan fingerprint density at radius 2 is 2.24 bits per heavy atom. The summed E-state index contributed by atoms with van der Waals surface area (Å²) < 4.78 is 13.2. The Balaban J connectivity index is 2.12. The molecule has 0 amide bonds. The van der Waals surface area contributed by atoms with Gasteiger partial charge in [0.15, 0.2) is 0 Å². The number of nitrogen functional groups attached to an aromatic ring is 1. The Labute approximate surface area is 103 Å². The van der Waals surface area contributed by atoms with Gasteiger partial charge in [-0.2, -0.15) is 0 Å². The summed E-state index contributed by atoms with van der Waals surface area (Å²) in [6.07, 6.45) is 2.48. The van der Waals surface area contributed by atoms with Crippen LogP contribution in [0.3, 0.4) is 0 Å². The zero-order valence-electron chi connectivity index (χ0n) is 10.6. The number of benzene rings is 1. The molecule has 1 unspecified atom stereocenters. The lowest BCUT2D eigenvalue weighted by Gasteiger charge is -2.28. The Hall–Kier alpha value is -1.09. The third kappa shape index (κ3) is 2.78. The van der Waals surface area contributed by atoms with E-state index in [0.717, 1.165) is 18.7 Å². The van der Waals surface area contributed by atoms with Crippen LogP contribution in [-0.2, 0) is 6.54 Å². The molecule has 0 spiro atoms. The molecule has 94 valence electrons. The molecule has 1 atom stereocenters. The summed E-state index contributed by atoms with van der Waals surface area (Å²) in [4.78, 5) is 2.43. The summed E-state index contributed by atoms with van der Waals surface area (Å²) >= 11 is 0. The molecule has 0 aromatic heterocycles. The number of hydrogen-bond donors (Lipinski definition) is 1. The quantitative estimate of drug-likeness (QED) is 0.817. The normalized spacial score (nSPS) is 21.3. The van der Waals surface area contributed by atoms with E-state index in [0.29, 0.717) is 17.6 Å². The van der Waals surface area contributed by atoms with Crippen LogP contribution in [0.25, 0.3) is 0 Å². The highest BCUT2D eigenvalue weighted by atomic mass is 19.1. The van der Waals surface area contributed by atoms with Gasteiger partial charge in [0, 0.05) is 18.3 Å². The highest BCUT2D eigenvalue weighted by molar-refractivity contribution is 5.46. The number of nitrogens with two attached hydrogens (primary N) is 1. The number of rotatable bonds is 3. The van der Waals surface area contributed by atoms with Crippen LogP contribution < -0.4 is 5.73 Å². The van der Waals surface area contributed by atoms with Crippen molar-refractivity contribution in [2.24, 2.45) is 5.92 Å². The predicted octanol–water partition coefficient (Wildman–Crippen LogP) is 3.03. The van der Waals surface area contributed by atoms with E-state index in [4.69, 9.17) is 5.73 Å². The molecular formula is C14H21FN2. The van der Waals surface area contributed by atoms with Crippen molar-refractivity contribution in [1.82, 2.24) is 4.90 Å². The summed E-state index contributed by atoms with van der Waals surface area (Å²) in [5, 5.41) is 0. The minimum atomic E-state index is -0.200. The lowest BCUT2D eigenvalue weighted by molar-refractivity contribution is 0.199. The summed E-state index contributed by atoms with van der Waals surface area (Å²) in [5.41, 5.74) is 7.51. The number of likely N-dealkylation sites (tertiary alicyclic amines) is 1. The lowest BCUT2D eigenvalue weighted by atomic mass is 10.0. The number of nitrogens with zero attached hydrogens (tertiary/aromatic N) is 1. The molecule has 2 rings (SSSR count). The fraction of sp³-hybridized carbons (Fsp3) is 0.571. The van der Waals surface area contributed by atoms with Crippen LogP contribution in [-0.4, -0.2) is 17.5 Å². The Bertz CT molecular complexity index is 390. The van der Waals surface area contributed by atoms with Crippen molar-refractivity contribution in [2.75, 3.05) is 12.3 Å². The first-order chi connectivity index (χ1) is 8.08. The summed E-state index contributed by atoms with van der Waals surface area (Å²) in [6.45, 7) is 6.36. The van der Waals surface area contributed by atoms with Gasteiger partial charge in [0.05, 0.1) is 0 Å². The molecule has 2 N–H and O–H groups in total. The molecule has 1 heterocycles. The number of halogens is 1. The van der Waals surface area contributed by atoms with E-state index in [1.807, 2.05) is 0 Å². The van der Waals surface area contributed by atoms with Crippen molar-refractivity contribution in [3.8, 4) is 0 Å². The zero-order valence-corrected chi connectivity index (χ0v) is 10.6. The second-order valence-corrected chi connectivity index (χ2v) is 5.27. The first-order valence-electron chi connectivity index (χ1n) is 6.36. The van der Waals surface area contributed by atoms with Gasteiger partial charge in [0.25, 0.3) is 0 Å². The Morgan fingerprint density at radius 3 is 2.94 bits per heavy atom. The van der Waals surface area contributed by atoms with Gasteiger partial charge in [-0.1, -0.05) is 13.8 Å². The van der Waals surface area contributed by atoms with Crippen molar-refractivity contribution in [1.29, 1.82) is 0 Å². The SMILES string of the molecule is CC(C)C1CCCN1Cc1cc(F)ccc1N. The first-order valence-corrected chi connectivity index (χ1v) is 6.36. The molecule has 1 aliphatic heterocycles. The smallest absolute Gasteiger partial charge is 0.123 e. The molecule has 0 radical (unpaired) electrons. The van der Waals surface area contributed by atoms with Crippen LogP contribution in [0, 0.1) is 11.7 Å². The average molecular weight is 236 g/mol. The highest BCUT2D eigenvalue weighted by Crippen LogP contribution is 2.27. The predicted molar refractivity (Wildman–Crippen MR) is 69.1 cm³/mol. The second-order valence-electron chi connectivity index (χ2n) is 5.27. The van der Waals surface area contributed by atoms with E-state index in [1.165, 1.54) is 18.9 Å². The molecule has 1 aliphatic rings. The molecule has 0 aliphatic carbocycles. The van der Waals surface area contributed by atoms with E-state index in [-0.39, 0.29) is 5.82 Å². The van der Waals surface area contributed by atoms with Crippen molar-refractivity contribution in [3.05, 3.63) is 29.6 Å². The molecular weight excluding hydrogens is 215 g/mol. The molecule has 1 aromatic rings. The van der Waals surface area contributed by atoms with Gasteiger partial charge in [0.1, 0.15) is 5.82 Å². The van der Waals surface area contributed by atoms with Crippen LogP contribution in [0.1, 0.15) is 32.3 Å². The number of anilines is 1. The van der Waals surface area contributed by atoms with Gasteiger partial charge < -0.3 is 5.73 Å². The zero-order chi connectivity index (χ0) is 12.4. The molecule has 3 heteroatoms. The standard InChI is InChI=1S/C14H21FN2/c1-10(2)14-4-3-7-17(14)9-11-8-12(15)5-6-13(11)16/h5-6,8,10,14H,3-4,7,9,16H2,1-2H3. The van der Waals surface area contributed by atoms with E-state index in [2.05, 4.69) is 18.7 Å². The van der Waals surface area contributed by atoms with Crippen LogP contribution in [0.15, 0.2) is 18.2 Å². The average Bonchev–Trinajstić information content (AvgIpc) is 2.71. The van der Waals surface area contributed by atoms with Crippen molar-refractivity contribution in [2.45, 2.75) is 39.3 Å². The van der Waals surface area contributed by atoms with E-state index < -0.39 is 0 Å². The molecule has 17 heavy (non-hydrogen) atoms. The van der Waals surface area contributed by atoms with Crippen molar-refractivity contribution < 1.29 is 4.39 Å². The maximum absolute atomic E-state index is 13.2. The van der Waals surface area contributed by atoms with Crippen LogP contribution >= 0.6 is 0 Å². The molecule has 1 saturated heterocycles. The molecule has 2 nitrogen and oxygen atoms in total. The lowest BCUT2D eigenvalue weighted by Crippen LogP contribution is -2.33. The van der Waals surface area contributed by atoms with Gasteiger partial charge >= 0.3 is 0 Å². The summed E-state index contributed by atoms with van der Waals surface area (Å²) in [7, 11) is 0. The maximum Gasteiger partial charge on any atom is 0.123 e. The third-order valence-electron chi connectivity index (χ3n) is 3.66. The molecule has 1 fully saturated rings. The molecule has 0 bridgehead atoms.